The van der Waals surface area contributed by atoms with Crippen LogP contribution in [0.3, 0.4) is 0 Å². The number of piperidine rings is 1. The minimum absolute atomic E-state index is 0.0255. The molecule has 10 nitrogen and oxygen atoms in total. The van der Waals surface area contributed by atoms with Crippen molar-refractivity contribution in [1.82, 2.24) is 18.8 Å². The summed E-state index contributed by atoms with van der Waals surface area (Å²) in [7, 11) is -3.69. The number of halogens is 1. The van der Waals surface area contributed by atoms with Gasteiger partial charge < -0.3 is 10.4 Å². The maximum atomic E-state index is 12.9. The van der Waals surface area contributed by atoms with Crippen LogP contribution < -0.4 is 16.0 Å². The molecule has 0 bridgehead atoms. The third-order valence-electron chi connectivity index (χ3n) is 6.07. The van der Waals surface area contributed by atoms with Gasteiger partial charge in [0.1, 0.15) is 10.7 Å². The average Bonchev–Trinajstić information content (AvgIpc) is 3.02. The fourth-order valence-corrected chi connectivity index (χ4v) is 5.35. The van der Waals surface area contributed by atoms with E-state index >= 15 is 0 Å². The number of pyridine rings is 1. The lowest BCUT2D eigenvalue weighted by Gasteiger charge is -2.30. The van der Waals surface area contributed by atoms with E-state index in [1.807, 2.05) is 0 Å². The molecule has 0 radical (unpaired) electrons. The molecule has 2 aromatic rings. The Morgan fingerprint density at radius 1 is 1.33 bits per heavy atom. The molecule has 3 heterocycles. The molecule has 4 N–H and O–H groups in total. The second kappa shape index (κ2) is 7.72. The number of aromatic nitrogens is 3. The Morgan fingerprint density at radius 2 is 2.03 bits per heavy atom. The van der Waals surface area contributed by atoms with Crippen LogP contribution in [0.4, 0.5) is 5.95 Å². The van der Waals surface area contributed by atoms with E-state index in [9.17, 15) is 18.3 Å². The van der Waals surface area contributed by atoms with Crippen molar-refractivity contribution in [3.05, 3.63) is 27.6 Å². The molecular weight excluding hydrogens is 432 g/mol. The predicted molar refractivity (Wildman–Crippen MR) is 114 cm³/mol. The molecule has 1 aliphatic heterocycles. The lowest BCUT2D eigenvalue weighted by molar-refractivity contribution is 0.0267. The molecule has 0 aromatic carbocycles. The number of aliphatic hydroxyl groups is 1. The summed E-state index contributed by atoms with van der Waals surface area (Å²) in [5.41, 5.74) is -1.00. The predicted octanol–water partition coefficient (Wildman–Crippen LogP) is 1.00. The van der Waals surface area contributed by atoms with Gasteiger partial charge in [0.25, 0.3) is 15.8 Å². The zero-order valence-electron chi connectivity index (χ0n) is 16.6. The number of nitrogens with two attached hydrogens (primary N) is 1. The Morgan fingerprint density at radius 3 is 2.63 bits per heavy atom. The number of hydrogen-bond donors (Lipinski definition) is 3. The van der Waals surface area contributed by atoms with Crippen molar-refractivity contribution in [2.75, 3.05) is 18.4 Å². The highest BCUT2D eigenvalue weighted by Crippen LogP contribution is 2.39. The van der Waals surface area contributed by atoms with E-state index in [1.165, 1.54) is 14.9 Å². The molecule has 2 fully saturated rings. The first-order valence-electron chi connectivity index (χ1n) is 9.91. The maximum absolute atomic E-state index is 12.9. The van der Waals surface area contributed by atoms with Crippen LogP contribution in [0.25, 0.3) is 11.0 Å². The molecule has 4 rings (SSSR count). The summed E-state index contributed by atoms with van der Waals surface area (Å²) < 4.78 is 25.7. The number of nitrogens with zero attached hydrogens (tertiary/aromatic N) is 4. The second-order valence-electron chi connectivity index (χ2n) is 8.27. The summed E-state index contributed by atoms with van der Waals surface area (Å²) in [6, 6.07) is 1.09. The van der Waals surface area contributed by atoms with Crippen LogP contribution in [0.1, 0.15) is 45.1 Å². The van der Waals surface area contributed by atoms with Crippen LogP contribution in [0.15, 0.2) is 17.1 Å². The van der Waals surface area contributed by atoms with Gasteiger partial charge in [0.05, 0.1) is 11.6 Å². The lowest BCUT2D eigenvalue weighted by atomic mass is 10.00. The van der Waals surface area contributed by atoms with E-state index in [4.69, 9.17) is 16.7 Å². The Kier molecular flexibility index (Phi) is 5.52. The minimum Gasteiger partial charge on any atom is -0.388 e. The summed E-state index contributed by atoms with van der Waals surface area (Å²) in [6.07, 6.45) is 4.76. The van der Waals surface area contributed by atoms with Crippen LogP contribution in [-0.4, -0.2) is 57.1 Å². The van der Waals surface area contributed by atoms with Crippen molar-refractivity contribution in [2.24, 2.45) is 5.14 Å². The number of rotatable bonds is 4. The highest BCUT2D eigenvalue weighted by Gasteiger charge is 2.39. The van der Waals surface area contributed by atoms with Gasteiger partial charge in [-0.1, -0.05) is 11.6 Å². The fourth-order valence-electron chi connectivity index (χ4n) is 4.42. The first-order valence-corrected chi connectivity index (χ1v) is 11.8. The van der Waals surface area contributed by atoms with Gasteiger partial charge in [0.2, 0.25) is 5.95 Å². The topological polar surface area (TPSA) is 143 Å². The van der Waals surface area contributed by atoms with Crippen LogP contribution >= 0.6 is 11.6 Å². The summed E-state index contributed by atoms with van der Waals surface area (Å²) in [4.78, 5) is 21.7. The molecule has 0 amide bonds. The van der Waals surface area contributed by atoms with E-state index in [1.54, 1.807) is 13.1 Å². The summed E-state index contributed by atoms with van der Waals surface area (Å²) in [5, 5.41) is 19.9. The van der Waals surface area contributed by atoms with Crippen molar-refractivity contribution < 1.29 is 13.5 Å². The highest BCUT2D eigenvalue weighted by molar-refractivity contribution is 7.86. The quantitative estimate of drug-likeness (QED) is 0.622. The van der Waals surface area contributed by atoms with Crippen molar-refractivity contribution in [3.8, 4) is 0 Å². The minimum atomic E-state index is -3.69. The summed E-state index contributed by atoms with van der Waals surface area (Å²) >= 11 is 6.16. The van der Waals surface area contributed by atoms with Crippen molar-refractivity contribution >= 4 is 38.8 Å². The van der Waals surface area contributed by atoms with Crippen LogP contribution in [0.2, 0.25) is 5.02 Å². The number of nitrogens with one attached hydrogen (secondary N) is 1. The van der Waals surface area contributed by atoms with E-state index < -0.39 is 21.9 Å². The molecule has 12 heteroatoms. The van der Waals surface area contributed by atoms with Gasteiger partial charge in [-0.25, -0.2) is 10.1 Å². The maximum Gasteiger partial charge on any atom is 0.276 e. The Bertz CT molecular complexity index is 1130. The van der Waals surface area contributed by atoms with Gasteiger partial charge in [-0.05, 0) is 45.1 Å². The Hall–Kier alpha value is -1.79. The highest BCUT2D eigenvalue weighted by atomic mass is 35.5. The molecule has 2 aliphatic rings. The van der Waals surface area contributed by atoms with Gasteiger partial charge in [0.15, 0.2) is 0 Å². The standard InChI is InChI=1S/C18H25ClN6O4S/c1-18(27)6-2-3-14(18)25-15-11(9-13(19)16(25)26)10-21-17(23-15)22-12-4-7-24(8-5-12)30(20,28)29/h9-10,12,14,27H,2-8H2,1H3,(H2,20,28,29)(H,21,22,23)/t14?,18-/m0/s1. The molecule has 1 aliphatic carbocycles. The lowest BCUT2D eigenvalue weighted by Crippen LogP contribution is -2.45. The molecule has 1 saturated carbocycles. The summed E-state index contributed by atoms with van der Waals surface area (Å²) in [5.74, 6) is 0.338. The largest absolute Gasteiger partial charge is 0.388 e. The van der Waals surface area contributed by atoms with Crippen LogP contribution in [0, 0.1) is 0 Å². The van der Waals surface area contributed by atoms with E-state index in [-0.39, 0.29) is 16.6 Å². The number of fused-ring (bicyclic) bond motifs is 1. The van der Waals surface area contributed by atoms with Crippen molar-refractivity contribution in [3.63, 3.8) is 0 Å². The normalized spacial score (nSPS) is 26.3. The molecule has 164 valence electrons. The van der Waals surface area contributed by atoms with Crippen LogP contribution in [0.5, 0.6) is 0 Å². The van der Waals surface area contributed by atoms with Gasteiger partial charge >= 0.3 is 0 Å². The van der Waals surface area contributed by atoms with Gasteiger partial charge in [-0.3, -0.25) is 9.36 Å². The zero-order valence-corrected chi connectivity index (χ0v) is 18.2. The first-order chi connectivity index (χ1) is 14.1. The number of anilines is 1. The third-order valence-corrected chi connectivity index (χ3v) is 7.42. The molecule has 2 atom stereocenters. The fraction of sp³-hybridized carbons (Fsp3) is 0.611. The molecule has 1 saturated heterocycles. The number of hydrogen-bond acceptors (Lipinski definition) is 7. The summed E-state index contributed by atoms with van der Waals surface area (Å²) in [6.45, 7) is 2.36. The Labute approximate surface area is 179 Å². The zero-order chi connectivity index (χ0) is 21.7. The van der Waals surface area contributed by atoms with E-state index in [0.717, 1.165) is 6.42 Å². The first kappa shape index (κ1) is 21.4. The molecular formula is C18H25ClN6O4S. The van der Waals surface area contributed by atoms with Crippen LogP contribution in [-0.2, 0) is 10.2 Å². The second-order valence-corrected chi connectivity index (χ2v) is 10.2. The van der Waals surface area contributed by atoms with E-state index in [2.05, 4.69) is 15.3 Å². The average molecular weight is 457 g/mol. The smallest absolute Gasteiger partial charge is 0.276 e. The van der Waals surface area contributed by atoms with E-state index in [0.29, 0.717) is 55.8 Å². The molecule has 2 aromatic heterocycles. The van der Waals surface area contributed by atoms with Gasteiger partial charge in [-0.2, -0.15) is 17.7 Å². The molecule has 0 spiro atoms. The van der Waals surface area contributed by atoms with Gasteiger partial charge in [-0.15, -0.1) is 0 Å². The third kappa shape index (κ3) is 4.04. The van der Waals surface area contributed by atoms with Crippen molar-refractivity contribution in [1.29, 1.82) is 0 Å². The van der Waals surface area contributed by atoms with Crippen molar-refractivity contribution in [2.45, 2.75) is 56.7 Å². The Balaban J connectivity index is 1.65. The SMILES string of the molecule is C[C@]1(O)CCCC1n1c(=O)c(Cl)cc2cnc(NC3CCN(S(N)(=O)=O)CC3)nc21. The molecule has 1 unspecified atom stereocenters. The monoisotopic (exact) mass is 456 g/mol. The molecule has 30 heavy (non-hydrogen) atoms. The van der Waals surface area contributed by atoms with Gasteiger partial charge in [0, 0.05) is 30.7 Å².